The van der Waals surface area contributed by atoms with Crippen molar-refractivity contribution in [2.45, 2.75) is 84.5 Å². The molecule has 38 heavy (non-hydrogen) atoms. The predicted octanol–water partition coefficient (Wildman–Crippen LogP) is 4.34. The molecule has 215 valence electrons. The molecule has 2 aliphatic carbocycles. The van der Waals surface area contributed by atoms with Gasteiger partial charge in [0.15, 0.2) is 0 Å². The molecular weight excluding hydrogens is 550 g/mol. The van der Waals surface area contributed by atoms with Crippen LogP contribution in [0.4, 0.5) is 0 Å². The van der Waals surface area contributed by atoms with Gasteiger partial charge in [-0.1, -0.05) is 52.3 Å². The van der Waals surface area contributed by atoms with Gasteiger partial charge in [0.2, 0.25) is 0 Å². The number of aliphatic carboxylic acids is 1. The molecule has 1 aromatic rings. The summed E-state index contributed by atoms with van der Waals surface area (Å²) in [7, 11) is -5.17. The Morgan fingerprint density at radius 2 is 1.89 bits per heavy atom. The summed E-state index contributed by atoms with van der Waals surface area (Å²) in [4.78, 5) is 13.5. The number of carboxylic acid groups (broad SMARTS) is 1. The predicted molar refractivity (Wildman–Crippen MR) is 143 cm³/mol. The second-order valence-corrected chi connectivity index (χ2v) is 11.9. The van der Waals surface area contributed by atoms with Crippen molar-refractivity contribution in [1.82, 2.24) is 5.32 Å². The normalized spacial score (nSPS) is 25.7. The zero-order chi connectivity index (χ0) is 27.9. The maximum absolute atomic E-state index is 9.00. The minimum absolute atomic E-state index is 0. The summed E-state index contributed by atoms with van der Waals surface area (Å²) in [5, 5.41) is 15.8. The summed E-state index contributed by atoms with van der Waals surface area (Å²) in [6, 6.07) is 7.37. The van der Waals surface area contributed by atoms with Crippen LogP contribution in [0.5, 0.6) is 0 Å². The third-order valence-electron chi connectivity index (χ3n) is 7.89. The number of fused-ring (bicyclic) bond motifs is 3. The molecule has 1 fully saturated rings. The molecule has 0 amide bonds. The van der Waals surface area contributed by atoms with Crippen LogP contribution in [0.25, 0.3) is 5.32 Å². The van der Waals surface area contributed by atoms with E-state index in [4.69, 9.17) is 32.7 Å². The van der Waals surface area contributed by atoms with E-state index in [0.29, 0.717) is 16.7 Å². The molecule has 0 bridgehead atoms. The van der Waals surface area contributed by atoms with E-state index in [-0.39, 0.29) is 17.1 Å². The molecule has 3 aliphatic rings. The first kappa shape index (κ1) is 34.5. The van der Waals surface area contributed by atoms with Gasteiger partial charge in [0.25, 0.3) is 5.97 Å². The molecule has 2 N–H and O–H groups in total. The minimum atomic E-state index is -5.17. The first-order valence-corrected chi connectivity index (χ1v) is 14.4. The molecule has 0 spiro atoms. The van der Waals surface area contributed by atoms with Crippen LogP contribution in [0, 0.1) is 11.3 Å². The summed E-state index contributed by atoms with van der Waals surface area (Å²) >= 11 is 0. The van der Waals surface area contributed by atoms with Crippen LogP contribution in [0.15, 0.2) is 23.2 Å². The Kier molecular flexibility index (Phi) is 13.4. The van der Waals surface area contributed by atoms with Crippen molar-refractivity contribution in [3.63, 3.8) is 0 Å². The molecule has 3 unspecified atom stereocenters. The van der Waals surface area contributed by atoms with Crippen LogP contribution < -0.4 is 5.32 Å². The number of nitrogens with one attached hydrogen (secondary N) is 1. The second-order valence-electron chi connectivity index (χ2n) is 11.1. The van der Waals surface area contributed by atoms with Crippen molar-refractivity contribution >= 4 is 22.2 Å². The number of aliphatic imine (C=N–C) groups is 1. The van der Waals surface area contributed by atoms with Gasteiger partial charge in [0.1, 0.15) is 0 Å². The monoisotopic (exact) mass is 592 g/mol. The minimum Gasteiger partial charge on any atom is -0.759 e. The fourth-order valence-corrected chi connectivity index (χ4v) is 6.33. The van der Waals surface area contributed by atoms with Gasteiger partial charge in [-0.05, 0) is 71.5 Å². The van der Waals surface area contributed by atoms with E-state index >= 15 is 0 Å². The van der Waals surface area contributed by atoms with Crippen molar-refractivity contribution < 1.29 is 44.5 Å². The average Bonchev–Trinajstić information content (AvgIpc) is 3.28. The average molecular weight is 593 g/mol. The van der Waals surface area contributed by atoms with Crippen LogP contribution >= 0.6 is 0 Å². The molecule has 9 nitrogen and oxygen atoms in total. The Hall–Kier alpha value is -1.49. The number of hydrogen-bond donors (Lipinski definition) is 2. The van der Waals surface area contributed by atoms with E-state index < -0.39 is 16.4 Å². The number of benzene rings is 1. The number of hydrogen-bond acceptors (Lipinski definition) is 7. The Morgan fingerprint density at radius 3 is 2.45 bits per heavy atom. The van der Waals surface area contributed by atoms with Crippen molar-refractivity contribution in [2.75, 3.05) is 26.2 Å². The van der Waals surface area contributed by atoms with Crippen molar-refractivity contribution in [1.29, 1.82) is 0 Å². The smallest absolute Gasteiger partial charge is 0.759 e. The van der Waals surface area contributed by atoms with E-state index in [1.807, 2.05) is 0 Å². The summed E-state index contributed by atoms with van der Waals surface area (Å²) < 4.78 is 34.1. The Balaban J connectivity index is 0.000000629. The molecule has 11 heteroatoms. The largest absolute Gasteiger partial charge is 3.00 e. The summed E-state index contributed by atoms with van der Waals surface area (Å²) in [6.45, 7) is 14.6. The van der Waals surface area contributed by atoms with Gasteiger partial charge >= 0.3 is 17.1 Å². The molecule has 1 heterocycles. The van der Waals surface area contributed by atoms with E-state index in [0.717, 1.165) is 51.3 Å². The molecule has 1 aromatic carbocycles. The number of aryl methyl sites for hydroxylation is 1. The quantitative estimate of drug-likeness (QED) is 0.215. The summed E-state index contributed by atoms with van der Waals surface area (Å²) in [5.41, 5.74) is 5.42. The zero-order valence-electron chi connectivity index (χ0n) is 23.1. The van der Waals surface area contributed by atoms with Crippen molar-refractivity contribution in [3.05, 3.63) is 40.2 Å². The Bertz CT molecular complexity index is 1050. The van der Waals surface area contributed by atoms with Gasteiger partial charge in [0.05, 0.1) is 12.4 Å². The molecule has 0 saturated heterocycles. The van der Waals surface area contributed by atoms with Crippen LogP contribution in [0.1, 0.15) is 89.3 Å². The van der Waals surface area contributed by atoms with Crippen molar-refractivity contribution in [2.24, 2.45) is 16.3 Å². The SMILES string of the molecule is CC(=O)O.CC(C)c1ccc2c(c1)CCC1C(C)(C[N-]CCC3=NCCN3)CCCC21C.O=S(=O)([O-])[O-].[Fe+3]. The van der Waals surface area contributed by atoms with E-state index in [1.165, 1.54) is 37.7 Å². The molecule has 3 atom stereocenters. The zero-order valence-corrected chi connectivity index (χ0v) is 25.0. The van der Waals surface area contributed by atoms with Crippen LogP contribution in [0.3, 0.4) is 0 Å². The van der Waals surface area contributed by atoms with Gasteiger partial charge in [-0.2, -0.15) is 0 Å². The van der Waals surface area contributed by atoms with Crippen LogP contribution in [0.2, 0.25) is 0 Å². The van der Waals surface area contributed by atoms with E-state index in [1.54, 1.807) is 11.1 Å². The van der Waals surface area contributed by atoms with Crippen molar-refractivity contribution in [3.8, 4) is 0 Å². The topological polar surface area (TPSA) is 156 Å². The second kappa shape index (κ2) is 14.8. The number of nitrogens with zero attached hydrogens (tertiary/aromatic N) is 2. The summed E-state index contributed by atoms with van der Waals surface area (Å²) in [5.74, 6) is 1.69. The third kappa shape index (κ3) is 10.2. The molecule has 1 aliphatic heterocycles. The number of amidine groups is 1. The van der Waals surface area contributed by atoms with Gasteiger partial charge in [-0.3, -0.25) is 18.2 Å². The van der Waals surface area contributed by atoms with Gasteiger partial charge in [0, 0.05) is 23.9 Å². The maximum atomic E-state index is 9.00. The molecular formula is C27H42FeN3O6S. The van der Waals surface area contributed by atoms with E-state index in [2.05, 4.69) is 56.2 Å². The Labute approximate surface area is 238 Å². The first-order valence-electron chi connectivity index (χ1n) is 13.1. The first-order chi connectivity index (χ1) is 17.2. The van der Waals surface area contributed by atoms with Crippen LogP contribution in [-0.4, -0.2) is 60.6 Å². The standard InChI is InChI=1S/C25H38N3.C2H4O2.Fe.H2O4S/c1-18(2)19-6-8-21-20(16-19)7-9-22-24(3,11-5-12-25(21,22)4)17-26-13-10-23-27-14-15-28-23;1-2(3)4;;1-5(2,3)4/h6,8,16,18,22H,5,7,9-15,17H2,1-4H3,(H,27,28);1H3,(H,3,4);;(H2,1,2,3,4)/q-1;;+3;/p-2. The van der Waals surface area contributed by atoms with E-state index in [9.17, 15) is 0 Å². The number of rotatable bonds is 6. The van der Waals surface area contributed by atoms with Crippen LogP contribution in [-0.2, 0) is 44.1 Å². The number of carboxylic acids is 1. The number of carbonyl (C=O) groups is 1. The maximum Gasteiger partial charge on any atom is 3.00 e. The van der Waals surface area contributed by atoms with Gasteiger partial charge < -0.3 is 24.8 Å². The summed E-state index contributed by atoms with van der Waals surface area (Å²) in [6.07, 6.45) is 7.55. The molecule has 4 rings (SSSR count). The molecule has 1 radical (unpaired) electrons. The fraction of sp³-hybridized carbons (Fsp3) is 0.704. The third-order valence-corrected chi connectivity index (χ3v) is 7.89. The molecule has 1 saturated carbocycles. The van der Waals surface area contributed by atoms with Gasteiger partial charge in [-0.25, -0.2) is 0 Å². The van der Waals surface area contributed by atoms with Gasteiger partial charge in [-0.15, -0.1) is 13.1 Å². The molecule has 0 aromatic heterocycles. The Morgan fingerprint density at radius 1 is 1.26 bits per heavy atom. The fourth-order valence-electron chi connectivity index (χ4n) is 6.33.